The summed E-state index contributed by atoms with van der Waals surface area (Å²) in [6.45, 7) is 0. The fourth-order valence-corrected chi connectivity index (χ4v) is 1.23. The van der Waals surface area contributed by atoms with Crippen molar-refractivity contribution in [2.75, 3.05) is 19.1 Å². The molecule has 1 unspecified atom stereocenters. The SMILES string of the molecule is CN(c1ccc(O)cc1)N(C)S(=O)[O-]. The van der Waals surface area contributed by atoms with Crippen LogP contribution < -0.4 is 5.01 Å². The van der Waals surface area contributed by atoms with E-state index in [0.717, 1.165) is 4.41 Å². The van der Waals surface area contributed by atoms with E-state index in [1.807, 2.05) is 0 Å². The molecule has 0 aliphatic carbocycles. The van der Waals surface area contributed by atoms with Crippen LogP contribution in [0.25, 0.3) is 0 Å². The van der Waals surface area contributed by atoms with Crippen LogP contribution in [0.15, 0.2) is 24.3 Å². The Hall–Kier alpha value is -1.11. The first-order valence-corrected chi connectivity index (χ1v) is 4.91. The minimum Gasteiger partial charge on any atom is -0.758 e. The third-order valence-corrected chi connectivity index (χ3v) is 2.54. The van der Waals surface area contributed by atoms with Crippen molar-refractivity contribution in [1.29, 1.82) is 0 Å². The summed E-state index contributed by atoms with van der Waals surface area (Å²) in [5, 5.41) is 10.5. The van der Waals surface area contributed by atoms with Crippen LogP contribution in [-0.4, -0.2) is 32.4 Å². The molecule has 0 amide bonds. The largest absolute Gasteiger partial charge is 0.758 e. The third-order valence-electron chi connectivity index (χ3n) is 1.86. The minimum atomic E-state index is -2.30. The first kappa shape index (κ1) is 11.0. The van der Waals surface area contributed by atoms with E-state index in [1.165, 1.54) is 24.2 Å². The highest BCUT2D eigenvalue weighted by Gasteiger charge is 2.06. The lowest BCUT2D eigenvalue weighted by molar-refractivity contribution is 0.427. The van der Waals surface area contributed by atoms with Crippen molar-refractivity contribution in [3.63, 3.8) is 0 Å². The number of benzene rings is 1. The van der Waals surface area contributed by atoms with E-state index >= 15 is 0 Å². The highest BCUT2D eigenvalue weighted by molar-refractivity contribution is 7.76. The molecule has 0 aromatic heterocycles. The van der Waals surface area contributed by atoms with Gasteiger partial charge in [-0.3, -0.25) is 9.22 Å². The Balaban J connectivity index is 2.84. The molecule has 0 radical (unpaired) electrons. The Kier molecular flexibility index (Phi) is 3.45. The van der Waals surface area contributed by atoms with E-state index in [1.54, 1.807) is 19.2 Å². The molecule has 78 valence electrons. The Morgan fingerprint density at radius 2 is 1.79 bits per heavy atom. The molecule has 1 rings (SSSR count). The Labute approximate surface area is 85.0 Å². The fourth-order valence-electron chi connectivity index (χ4n) is 0.931. The van der Waals surface area contributed by atoms with Crippen molar-refractivity contribution < 1.29 is 13.9 Å². The standard InChI is InChI=1S/C8H12N2O3S/c1-9(10(2)14(12)13)7-3-5-8(11)6-4-7/h3-6,11H,1-2H3,(H,12,13)/p-1. The molecule has 5 nitrogen and oxygen atoms in total. The van der Waals surface area contributed by atoms with Gasteiger partial charge in [0.15, 0.2) is 0 Å². The Morgan fingerprint density at radius 3 is 2.21 bits per heavy atom. The van der Waals surface area contributed by atoms with Crippen molar-refractivity contribution in [2.45, 2.75) is 0 Å². The number of aromatic hydroxyl groups is 1. The molecule has 0 spiro atoms. The average molecular weight is 215 g/mol. The van der Waals surface area contributed by atoms with Gasteiger partial charge in [-0.05, 0) is 24.3 Å². The zero-order valence-corrected chi connectivity index (χ0v) is 8.69. The number of nitrogens with zero attached hydrogens (tertiary/aromatic N) is 2. The Morgan fingerprint density at radius 1 is 1.29 bits per heavy atom. The summed E-state index contributed by atoms with van der Waals surface area (Å²) in [5.41, 5.74) is 0.675. The molecule has 0 heterocycles. The van der Waals surface area contributed by atoms with Crippen molar-refractivity contribution in [1.82, 2.24) is 4.41 Å². The highest BCUT2D eigenvalue weighted by atomic mass is 32.2. The van der Waals surface area contributed by atoms with E-state index < -0.39 is 11.3 Å². The predicted molar refractivity (Wildman–Crippen MR) is 53.2 cm³/mol. The third kappa shape index (κ3) is 2.44. The molecule has 1 atom stereocenters. The number of rotatable bonds is 3. The van der Waals surface area contributed by atoms with E-state index in [4.69, 9.17) is 5.11 Å². The van der Waals surface area contributed by atoms with E-state index in [9.17, 15) is 8.76 Å². The van der Waals surface area contributed by atoms with Crippen molar-refractivity contribution in [3.8, 4) is 5.75 Å². The van der Waals surface area contributed by atoms with Gasteiger partial charge in [0.25, 0.3) is 0 Å². The lowest BCUT2D eigenvalue weighted by Crippen LogP contribution is -2.37. The number of hydrazine groups is 1. The summed E-state index contributed by atoms with van der Waals surface area (Å²) in [6, 6.07) is 6.23. The zero-order chi connectivity index (χ0) is 10.7. The van der Waals surface area contributed by atoms with Crippen molar-refractivity contribution in [2.24, 2.45) is 0 Å². The molecule has 0 aliphatic rings. The molecule has 0 saturated carbocycles. The second kappa shape index (κ2) is 4.41. The maximum absolute atomic E-state index is 10.6. The first-order valence-electron chi connectivity index (χ1n) is 3.88. The predicted octanol–water partition coefficient (Wildman–Crippen LogP) is 0.469. The number of phenolic OH excluding ortho intramolecular Hbond substituents is 1. The number of hydrogen-bond donors (Lipinski definition) is 1. The zero-order valence-electron chi connectivity index (χ0n) is 7.88. The molecular weight excluding hydrogens is 204 g/mol. The molecular formula is C8H11N2O3S-. The van der Waals surface area contributed by atoms with Gasteiger partial charge < -0.3 is 9.66 Å². The maximum atomic E-state index is 10.6. The van der Waals surface area contributed by atoms with Gasteiger partial charge in [0.1, 0.15) is 5.75 Å². The quantitative estimate of drug-likeness (QED) is 0.588. The van der Waals surface area contributed by atoms with Crippen LogP contribution in [-0.2, 0) is 11.3 Å². The van der Waals surface area contributed by atoms with Crippen LogP contribution in [0.5, 0.6) is 5.75 Å². The molecule has 1 aromatic rings. The molecule has 1 N–H and O–H groups in total. The second-order valence-electron chi connectivity index (χ2n) is 2.72. The van der Waals surface area contributed by atoms with Gasteiger partial charge >= 0.3 is 0 Å². The second-order valence-corrected chi connectivity index (χ2v) is 3.68. The summed E-state index contributed by atoms with van der Waals surface area (Å²) >= 11 is -2.30. The summed E-state index contributed by atoms with van der Waals surface area (Å²) in [6.07, 6.45) is 0. The summed E-state index contributed by atoms with van der Waals surface area (Å²) < 4.78 is 22.3. The summed E-state index contributed by atoms with van der Waals surface area (Å²) in [5.74, 6) is 0.146. The van der Waals surface area contributed by atoms with Crippen molar-refractivity contribution >= 4 is 17.0 Å². The van der Waals surface area contributed by atoms with Crippen LogP contribution in [0, 0.1) is 0 Å². The lowest BCUT2D eigenvalue weighted by Gasteiger charge is -2.30. The number of anilines is 1. The molecule has 0 aliphatic heterocycles. The van der Waals surface area contributed by atoms with Gasteiger partial charge in [0.2, 0.25) is 0 Å². The molecule has 14 heavy (non-hydrogen) atoms. The first-order chi connectivity index (χ1) is 6.52. The molecule has 0 saturated heterocycles. The van der Waals surface area contributed by atoms with Crippen molar-refractivity contribution in [3.05, 3.63) is 24.3 Å². The van der Waals surface area contributed by atoms with Crippen LogP contribution in [0.1, 0.15) is 0 Å². The molecule has 6 heteroatoms. The normalized spacial score (nSPS) is 12.9. The van der Waals surface area contributed by atoms with Gasteiger partial charge in [-0.15, -0.1) is 0 Å². The van der Waals surface area contributed by atoms with E-state index in [0.29, 0.717) is 5.69 Å². The number of hydrogen-bond acceptors (Lipinski definition) is 4. The van der Waals surface area contributed by atoms with Gasteiger partial charge in [-0.25, -0.2) is 0 Å². The highest BCUT2D eigenvalue weighted by Crippen LogP contribution is 2.18. The Bertz CT molecular complexity index is 328. The van der Waals surface area contributed by atoms with Gasteiger partial charge in [0, 0.05) is 25.4 Å². The number of phenols is 1. The van der Waals surface area contributed by atoms with Crippen LogP contribution >= 0.6 is 0 Å². The van der Waals surface area contributed by atoms with Gasteiger partial charge in [-0.2, -0.15) is 4.41 Å². The summed E-state index contributed by atoms with van der Waals surface area (Å²) in [7, 11) is 3.04. The van der Waals surface area contributed by atoms with Gasteiger partial charge in [0.05, 0.1) is 5.69 Å². The minimum absolute atomic E-state index is 0.146. The topological polar surface area (TPSA) is 66.8 Å². The average Bonchev–Trinajstić information content (AvgIpc) is 2.16. The molecule has 0 fully saturated rings. The van der Waals surface area contributed by atoms with E-state index in [-0.39, 0.29) is 5.75 Å². The molecule has 0 bridgehead atoms. The fraction of sp³-hybridized carbons (Fsp3) is 0.250. The molecule has 1 aromatic carbocycles. The maximum Gasteiger partial charge on any atom is 0.115 e. The monoisotopic (exact) mass is 215 g/mol. The van der Waals surface area contributed by atoms with Crippen LogP contribution in [0.3, 0.4) is 0 Å². The van der Waals surface area contributed by atoms with E-state index in [2.05, 4.69) is 0 Å². The summed E-state index contributed by atoms with van der Waals surface area (Å²) in [4.78, 5) is 0. The van der Waals surface area contributed by atoms with Crippen LogP contribution in [0.4, 0.5) is 5.69 Å². The lowest BCUT2D eigenvalue weighted by atomic mass is 10.3. The van der Waals surface area contributed by atoms with Crippen LogP contribution in [0.2, 0.25) is 0 Å². The smallest absolute Gasteiger partial charge is 0.115 e. The van der Waals surface area contributed by atoms with Gasteiger partial charge in [-0.1, -0.05) is 0 Å².